The standard InChI is InChI=1S/C28H31FN8O3/c1-4-36(5-2)15-23(38)37-12-10-16-13-22(40-3)20(14-21(16)37)33-28-34-26-17(9-11-31-26)27(35-28)32-19-8-6-7-18(29)24(19)25(30)39/h6-9,11,13-14H,4-5,10,12,15H2,1-3H3,(H2,30,39)(H3,31,32,33,34,35)/p+1. The molecule has 0 bridgehead atoms. The lowest BCUT2D eigenvalue weighted by Gasteiger charge is -2.23. The molecule has 4 aromatic rings. The second-order valence-electron chi connectivity index (χ2n) is 9.41. The predicted molar refractivity (Wildman–Crippen MR) is 151 cm³/mol. The molecule has 0 aliphatic carbocycles. The van der Waals surface area contributed by atoms with Crippen molar-refractivity contribution in [1.29, 1.82) is 0 Å². The van der Waals surface area contributed by atoms with Crippen LogP contribution in [0.3, 0.4) is 0 Å². The number of halogens is 1. The molecular weight excluding hydrogens is 515 g/mol. The molecule has 208 valence electrons. The van der Waals surface area contributed by atoms with Gasteiger partial charge in [0.25, 0.3) is 5.91 Å². The minimum atomic E-state index is -0.894. The van der Waals surface area contributed by atoms with Gasteiger partial charge in [0, 0.05) is 18.8 Å². The Bertz CT molecular complexity index is 1580. The van der Waals surface area contributed by atoms with Crippen molar-refractivity contribution in [1.82, 2.24) is 14.9 Å². The van der Waals surface area contributed by atoms with Gasteiger partial charge >= 0.3 is 5.95 Å². The molecule has 0 saturated carbocycles. The first-order valence-corrected chi connectivity index (χ1v) is 13.1. The molecule has 40 heavy (non-hydrogen) atoms. The number of ether oxygens (including phenoxy) is 1. The van der Waals surface area contributed by atoms with E-state index < -0.39 is 11.7 Å². The van der Waals surface area contributed by atoms with Gasteiger partial charge in [-0.2, -0.15) is 0 Å². The molecule has 11 nitrogen and oxygen atoms in total. The number of benzene rings is 2. The van der Waals surface area contributed by atoms with E-state index in [1.165, 1.54) is 12.1 Å². The number of rotatable bonds is 10. The molecule has 0 spiro atoms. The van der Waals surface area contributed by atoms with Gasteiger partial charge in [-0.15, -0.1) is 0 Å². The number of carbonyl (C=O) groups excluding carboxylic acids is 2. The van der Waals surface area contributed by atoms with Gasteiger partial charge < -0.3 is 20.7 Å². The topological polar surface area (TPSA) is 143 Å². The van der Waals surface area contributed by atoms with Crippen LogP contribution in [-0.4, -0.2) is 60.0 Å². The molecule has 0 atom stereocenters. The van der Waals surface area contributed by atoms with Crippen molar-refractivity contribution in [3.8, 4) is 5.75 Å². The van der Waals surface area contributed by atoms with Gasteiger partial charge in [-0.25, -0.2) is 9.37 Å². The van der Waals surface area contributed by atoms with Crippen molar-refractivity contribution in [3.63, 3.8) is 0 Å². The van der Waals surface area contributed by atoms with E-state index in [0.717, 1.165) is 30.8 Å². The maximum Gasteiger partial charge on any atom is 0.351 e. The van der Waals surface area contributed by atoms with Crippen LogP contribution in [-0.2, 0) is 11.2 Å². The lowest BCUT2D eigenvalue weighted by molar-refractivity contribution is -0.333. The van der Waals surface area contributed by atoms with Gasteiger partial charge in [-0.05, 0) is 49.3 Å². The first kappa shape index (κ1) is 26.9. The number of primary amides is 1. The summed E-state index contributed by atoms with van der Waals surface area (Å²) in [5, 5.41) is 7.00. The van der Waals surface area contributed by atoms with Crippen LogP contribution < -0.4 is 31.0 Å². The number of methoxy groups -OCH3 is 1. The molecule has 1 aliphatic rings. The number of likely N-dealkylation sites (N-methyl/N-ethyl adjacent to an activating group) is 1. The molecule has 2 aromatic carbocycles. The second-order valence-corrected chi connectivity index (χ2v) is 9.41. The summed E-state index contributed by atoms with van der Waals surface area (Å²) in [4.78, 5) is 39.9. The zero-order chi connectivity index (χ0) is 28.4. The Kier molecular flexibility index (Phi) is 7.52. The Labute approximate surface area is 230 Å². The van der Waals surface area contributed by atoms with Crippen LogP contribution in [0.2, 0.25) is 0 Å². The SMILES string of the molecule is CCN(CC)CC(=O)N1CCc2cc(OC)c(Nc3nc(Nc4cccc(F)c4C(N)=O)c4cc[nH]c4[nH+]3)cc21. The Hall–Kier alpha value is -4.71. The fourth-order valence-electron chi connectivity index (χ4n) is 4.94. The van der Waals surface area contributed by atoms with Crippen LogP contribution in [0.15, 0.2) is 42.6 Å². The van der Waals surface area contributed by atoms with E-state index in [2.05, 4.69) is 30.5 Å². The monoisotopic (exact) mass is 547 g/mol. The maximum atomic E-state index is 14.4. The Morgan fingerprint density at radius 1 is 1.20 bits per heavy atom. The summed E-state index contributed by atoms with van der Waals surface area (Å²) in [5.74, 6) is -0.285. The van der Waals surface area contributed by atoms with Crippen molar-refractivity contribution >= 4 is 51.7 Å². The number of aromatic nitrogens is 3. The zero-order valence-corrected chi connectivity index (χ0v) is 22.6. The largest absolute Gasteiger partial charge is 0.493 e. The fraction of sp³-hybridized carbons (Fsp3) is 0.286. The Morgan fingerprint density at radius 3 is 2.73 bits per heavy atom. The van der Waals surface area contributed by atoms with Crippen molar-refractivity contribution in [3.05, 3.63) is 59.5 Å². The Morgan fingerprint density at radius 2 is 2.00 bits per heavy atom. The highest BCUT2D eigenvalue weighted by Crippen LogP contribution is 2.38. The maximum absolute atomic E-state index is 14.4. The number of carbonyl (C=O) groups is 2. The van der Waals surface area contributed by atoms with Crippen LogP contribution in [0.4, 0.5) is 33.2 Å². The van der Waals surface area contributed by atoms with E-state index in [1.54, 1.807) is 25.4 Å². The minimum Gasteiger partial charge on any atom is -0.493 e. The normalized spacial score (nSPS) is 12.6. The van der Waals surface area contributed by atoms with Gasteiger partial charge in [0.15, 0.2) is 5.75 Å². The predicted octanol–water partition coefficient (Wildman–Crippen LogP) is 3.34. The highest BCUT2D eigenvalue weighted by atomic mass is 19.1. The summed E-state index contributed by atoms with van der Waals surface area (Å²) in [5.41, 5.74) is 8.46. The molecule has 1 aliphatic heterocycles. The molecule has 0 saturated heterocycles. The summed E-state index contributed by atoms with van der Waals surface area (Å²) in [6.07, 6.45) is 2.46. The molecule has 2 amide bonds. The number of hydrogen-bond donors (Lipinski definition) is 4. The van der Waals surface area contributed by atoms with Crippen LogP contribution in [0.5, 0.6) is 5.75 Å². The van der Waals surface area contributed by atoms with E-state index in [1.807, 2.05) is 30.9 Å². The average molecular weight is 548 g/mol. The molecule has 0 radical (unpaired) electrons. The smallest absolute Gasteiger partial charge is 0.351 e. The van der Waals surface area contributed by atoms with Crippen molar-refractivity contribution in [2.75, 3.05) is 48.8 Å². The number of nitrogens with one attached hydrogen (secondary N) is 4. The third-order valence-corrected chi connectivity index (χ3v) is 7.09. The highest BCUT2D eigenvalue weighted by Gasteiger charge is 2.28. The van der Waals surface area contributed by atoms with Gasteiger partial charge in [-0.1, -0.05) is 24.9 Å². The van der Waals surface area contributed by atoms with E-state index in [4.69, 9.17) is 10.5 Å². The molecule has 2 aromatic heterocycles. The third kappa shape index (κ3) is 5.13. The van der Waals surface area contributed by atoms with Crippen LogP contribution in [0, 0.1) is 5.82 Å². The van der Waals surface area contributed by atoms with Crippen LogP contribution >= 0.6 is 0 Å². The number of aromatic amines is 2. The van der Waals surface area contributed by atoms with Gasteiger partial charge in [0.05, 0.1) is 36.0 Å². The lowest BCUT2D eigenvalue weighted by Crippen LogP contribution is -2.39. The average Bonchev–Trinajstić information content (AvgIpc) is 3.58. The molecule has 3 heterocycles. The number of H-pyrrole nitrogens is 2. The number of amides is 2. The summed E-state index contributed by atoms with van der Waals surface area (Å²) in [6.45, 7) is 6.63. The fourth-order valence-corrected chi connectivity index (χ4v) is 4.94. The van der Waals surface area contributed by atoms with Crippen molar-refractivity contribution < 1.29 is 23.7 Å². The van der Waals surface area contributed by atoms with Crippen LogP contribution in [0.1, 0.15) is 29.8 Å². The van der Waals surface area contributed by atoms with E-state index >= 15 is 0 Å². The van der Waals surface area contributed by atoms with Crippen LogP contribution in [0.25, 0.3) is 11.0 Å². The van der Waals surface area contributed by atoms with E-state index in [-0.39, 0.29) is 17.2 Å². The third-order valence-electron chi connectivity index (χ3n) is 7.09. The summed E-state index contributed by atoms with van der Waals surface area (Å²) in [6, 6.07) is 9.83. The summed E-state index contributed by atoms with van der Waals surface area (Å²) in [7, 11) is 1.58. The molecule has 0 fully saturated rings. The first-order chi connectivity index (χ1) is 19.3. The molecule has 5 rings (SSSR count). The summed E-state index contributed by atoms with van der Waals surface area (Å²) < 4.78 is 20.0. The quantitative estimate of drug-likeness (QED) is 0.238. The van der Waals surface area contributed by atoms with Crippen molar-refractivity contribution in [2.45, 2.75) is 20.3 Å². The van der Waals surface area contributed by atoms with Crippen molar-refractivity contribution in [2.24, 2.45) is 5.73 Å². The highest BCUT2D eigenvalue weighted by molar-refractivity contribution is 6.01. The van der Waals surface area contributed by atoms with Gasteiger partial charge in [-0.3, -0.25) is 24.8 Å². The molecule has 0 unspecified atom stereocenters. The number of nitrogens with zero attached hydrogens (tertiary/aromatic N) is 3. The molecular formula is C28H32FN8O3+. The first-order valence-electron chi connectivity index (χ1n) is 13.1. The molecule has 12 heteroatoms. The lowest BCUT2D eigenvalue weighted by atomic mass is 10.1. The zero-order valence-electron chi connectivity index (χ0n) is 22.6. The second kappa shape index (κ2) is 11.2. The van der Waals surface area contributed by atoms with E-state index in [0.29, 0.717) is 47.3 Å². The van der Waals surface area contributed by atoms with Gasteiger partial charge in [0.1, 0.15) is 11.5 Å². The summed E-state index contributed by atoms with van der Waals surface area (Å²) >= 11 is 0. The van der Waals surface area contributed by atoms with E-state index in [9.17, 15) is 14.0 Å². The number of hydrogen-bond acceptors (Lipinski definition) is 7. The number of nitrogens with two attached hydrogens (primary N) is 1. The minimum absolute atomic E-state index is 0.0443. The molecule has 6 N–H and O–H groups in total. The Balaban J connectivity index is 1.49. The van der Waals surface area contributed by atoms with Gasteiger partial charge in [0.2, 0.25) is 17.4 Å². The number of anilines is 5. The number of fused-ring (bicyclic) bond motifs is 2.